The first kappa shape index (κ1) is 24.4. The number of unbranched alkanes of at least 4 members (excludes halogenated alkanes) is 1. The van der Waals surface area contributed by atoms with E-state index in [1.165, 1.54) is 0 Å². The van der Waals surface area contributed by atoms with Crippen molar-refractivity contribution in [1.29, 1.82) is 0 Å². The second-order valence-electron chi connectivity index (χ2n) is 8.92. The monoisotopic (exact) mass is 498 g/mol. The summed E-state index contributed by atoms with van der Waals surface area (Å²) in [5.41, 5.74) is 5.17. The molecule has 0 radical (unpaired) electrons. The van der Waals surface area contributed by atoms with Crippen molar-refractivity contribution in [2.75, 3.05) is 0 Å². The van der Waals surface area contributed by atoms with E-state index in [0.29, 0.717) is 24.7 Å². The minimum absolute atomic E-state index is 0.128. The second-order valence-corrected chi connectivity index (χ2v) is 8.92. The van der Waals surface area contributed by atoms with Gasteiger partial charge in [0.1, 0.15) is 5.82 Å². The number of aryl methyl sites for hydroxylation is 2. The molecule has 0 saturated carbocycles. The van der Waals surface area contributed by atoms with Gasteiger partial charge in [0.2, 0.25) is 5.82 Å². The summed E-state index contributed by atoms with van der Waals surface area (Å²) in [7, 11) is 0. The van der Waals surface area contributed by atoms with Crippen molar-refractivity contribution in [3.05, 3.63) is 88.5 Å². The van der Waals surface area contributed by atoms with Gasteiger partial charge in [0.05, 0.1) is 18.8 Å². The number of benzene rings is 1. The normalized spacial score (nSPS) is 11.3. The standard InChI is InChI=1S/C27H30N8O2/c1-3-5-9-24-17-35(26-22(18-36)11-13-33(26)4-2)27(37)34(24)16-23-15-20(10-12-28-23)19-7-6-8-21(14-19)25-29-31-32-30-25/h6-8,10-15,17,36H,3-5,9,16,18H2,1-2H3,(H,29,30,31,32). The average molecular weight is 499 g/mol. The smallest absolute Gasteiger partial charge is 0.334 e. The number of aromatic nitrogens is 8. The molecule has 5 rings (SSSR count). The maximum atomic E-state index is 13.7. The number of tetrazole rings is 1. The van der Waals surface area contributed by atoms with Crippen molar-refractivity contribution in [3.8, 4) is 28.3 Å². The van der Waals surface area contributed by atoms with Crippen LogP contribution in [0.3, 0.4) is 0 Å². The van der Waals surface area contributed by atoms with Gasteiger partial charge in [-0.3, -0.25) is 14.1 Å². The predicted molar refractivity (Wildman–Crippen MR) is 140 cm³/mol. The summed E-state index contributed by atoms with van der Waals surface area (Å²) in [5, 5.41) is 24.2. The van der Waals surface area contributed by atoms with E-state index in [-0.39, 0.29) is 12.3 Å². The van der Waals surface area contributed by atoms with E-state index in [1.54, 1.807) is 15.3 Å². The van der Waals surface area contributed by atoms with Crippen LogP contribution in [0.15, 0.2) is 65.8 Å². The number of hydrogen-bond acceptors (Lipinski definition) is 6. The molecular weight excluding hydrogens is 468 g/mol. The third-order valence-corrected chi connectivity index (χ3v) is 6.54. The summed E-state index contributed by atoms with van der Waals surface area (Å²) < 4.78 is 5.44. The van der Waals surface area contributed by atoms with Crippen LogP contribution in [0.4, 0.5) is 0 Å². The van der Waals surface area contributed by atoms with Crippen molar-refractivity contribution in [1.82, 2.24) is 39.3 Å². The minimum atomic E-state index is -0.138. The molecule has 4 aromatic heterocycles. The Morgan fingerprint density at radius 1 is 1.05 bits per heavy atom. The zero-order valence-electron chi connectivity index (χ0n) is 21.0. The van der Waals surface area contributed by atoms with Gasteiger partial charge in [-0.2, -0.15) is 5.21 Å². The van der Waals surface area contributed by atoms with Crippen molar-refractivity contribution in [3.63, 3.8) is 0 Å². The Morgan fingerprint density at radius 2 is 1.89 bits per heavy atom. The van der Waals surface area contributed by atoms with Gasteiger partial charge in [-0.15, -0.1) is 10.2 Å². The first-order chi connectivity index (χ1) is 18.1. The van der Waals surface area contributed by atoms with Gasteiger partial charge in [0, 0.05) is 42.0 Å². The molecule has 5 aromatic rings. The van der Waals surface area contributed by atoms with Gasteiger partial charge >= 0.3 is 5.69 Å². The maximum absolute atomic E-state index is 13.7. The molecule has 0 aliphatic heterocycles. The lowest BCUT2D eigenvalue weighted by Gasteiger charge is -2.10. The highest BCUT2D eigenvalue weighted by Crippen LogP contribution is 2.25. The van der Waals surface area contributed by atoms with E-state index in [0.717, 1.165) is 52.9 Å². The molecular formula is C27H30N8O2. The van der Waals surface area contributed by atoms with Crippen molar-refractivity contribution in [2.24, 2.45) is 0 Å². The van der Waals surface area contributed by atoms with Crippen molar-refractivity contribution < 1.29 is 5.11 Å². The average Bonchev–Trinajstić information content (AvgIpc) is 3.68. The minimum Gasteiger partial charge on any atom is -0.392 e. The Bertz CT molecular complexity index is 1520. The molecule has 0 spiro atoms. The van der Waals surface area contributed by atoms with Crippen LogP contribution in [-0.4, -0.2) is 44.4 Å². The van der Waals surface area contributed by atoms with Crippen LogP contribution in [0, 0.1) is 0 Å². The number of pyridine rings is 1. The summed E-state index contributed by atoms with van der Waals surface area (Å²) in [6.07, 6.45) is 8.37. The van der Waals surface area contributed by atoms with E-state index in [4.69, 9.17) is 0 Å². The molecule has 10 heteroatoms. The largest absolute Gasteiger partial charge is 0.392 e. The quantitative estimate of drug-likeness (QED) is 0.304. The zero-order valence-corrected chi connectivity index (χ0v) is 21.0. The molecule has 0 aliphatic rings. The highest BCUT2D eigenvalue weighted by Gasteiger charge is 2.18. The van der Waals surface area contributed by atoms with Gasteiger partial charge in [-0.05, 0) is 60.4 Å². The lowest BCUT2D eigenvalue weighted by Crippen LogP contribution is -2.26. The van der Waals surface area contributed by atoms with E-state index in [2.05, 4.69) is 32.5 Å². The molecule has 0 bridgehead atoms. The van der Waals surface area contributed by atoms with E-state index < -0.39 is 0 Å². The Hall–Kier alpha value is -4.31. The van der Waals surface area contributed by atoms with Crippen molar-refractivity contribution in [2.45, 2.75) is 52.8 Å². The number of aliphatic hydroxyl groups is 1. The molecule has 190 valence electrons. The number of nitrogens with one attached hydrogen (secondary N) is 1. The Labute approximate surface area is 214 Å². The molecule has 0 aliphatic carbocycles. The molecule has 0 unspecified atom stereocenters. The molecule has 0 fully saturated rings. The van der Waals surface area contributed by atoms with Crippen LogP contribution in [0.2, 0.25) is 0 Å². The number of aromatic amines is 1. The van der Waals surface area contributed by atoms with Crippen LogP contribution in [0.1, 0.15) is 43.6 Å². The van der Waals surface area contributed by atoms with E-state index in [1.807, 2.05) is 66.3 Å². The summed E-state index contributed by atoms with van der Waals surface area (Å²) in [6, 6.07) is 13.7. The third-order valence-electron chi connectivity index (χ3n) is 6.54. The zero-order chi connectivity index (χ0) is 25.8. The summed E-state index contributed by atoms with van der Waals surface area (Å²) in [4.78, 5) is 18.3. The first-order valence-corrected chi connectivity index (χ1v) is 12.5. The first-order valence-electron chi connectivity index (χ1n) is 12.5. The van der Waals surface area contributed by atoms with Crippen LogP contribution in [0.5, 0.6) is 0 Å². The fourth-order valence-corrected chi connectivity index (χ4v) is 4.61. The number of H-pyrrole nitrogens is 1. The molecule has 1 aromatic carbocycles. The maximum Gasteiger partial charge on any atom is 0.334 e. The van der Waals surface area contributed by atoms with Gasteiger partial charge in [0.25, 0.3) is 0 Å². The van der Waals surface area contributed by atoms with Gasteiger partial charge in [0.15, 0.2) is 0 Å². The molecule has 0 amide bonds. The molecule has 10 nitrogen and oxygen atoms in total. The Morgan fingerprint density at radius 3 is 2.65 bits per heavy atom. The number of imidazole rings is 1. The van der Waals surface area contributed by atoms with Crippen LogP contribution >= 0.6 is 0 Å². The molecule has 0 saturated heterocycles. The summed E-state index contributed by atoms with van der Waals surface area (Å²) in [6.45, 7) is 5.08. The van der Waals surface area contributed by atoms with Crippen LogP contribution in [-0.2, 0) is 26.1 Å². The second kappa shape index (κ2) is 10.8. The lowest BCUT2D eigenvalue weighted by atomic mass is 10.0. The molecule has 37 heavy (non-hydrogen) atoms. The topological polar surface area (TPSA) is 119 Å². The Kier molecular flexibility index (Phi) is 7.09. The lowest BCUT2D eigenvalue weighted by molar-refractivity contribution is 0.281. The number of aliphatic hydroxyl groups excluding tert-OH is 1. The van der Waals surface area contributed by atoms with Gasteiger partial charge in [-0.25, -0.2) is 4.79 Å². The SMILES string of the molecule is CCCCc1cn(-c2c(CO)ccn2CC)c(=O)n1Cc1cc(-c2cccc(-c3nn[nH]n3)c2)ccn1. The molecule has 0 atom stereocenters. The summed E-state index contributed by atoms with van der Waals surface area (Å²) >= 11 is 0. The fraction of sp³-hybridized carbons (Fsp3) is 0.296. The Balaban J connectivity index is 1.52. The highest BCUT2D eigenvalue weighted by atomic mass is 16.3. The third kappa shape index (κ3) is 4.88. The highest BCUT2D eigenvalue weighted by molar-refractivity contribution is 5.70. The number of rotatable bonds is 10. The van der Waals surface area contributed by atoms with E-state index >= 15 is 0 Å². The van der Waals surface area contributed by atoms with Crippen molar-refractivity contribution >= 4 is 0 Å². The summed E-state index contributed by atoms with van der Waals surface area (Å²) in [5.74, 6) is 1.25. The fourth-order valence-electron chi connectivity index (χ4n) is 4.61. The van der Waals surface area contributed by atoms with Gasteiger partial charge in [-0.1, -0.05) is 31.5 Å². The number of hydrogen-bond donors (Lipinski definition) is 2. The predicted octanol–water partition coefficient (Wildman–Crippen LogP) is 3.59. The van der Waals surface area contributed by atoms with Crippen LogP contribution in [0.25, 0.3) is 28.3 Å². The molecule has 2 N–H and O–H groups in total. The number of nitrogens with zero attached hydrogens (tertiary/aromatic N) is 7. The molecule has 4 heterocycles. The van der Waals surface area contributed by atoms with E-state index in [9.17, 15) is 9.90 Å². The van der Waals surface area contributed by atoms with Crippen LogP contribution < -0.4 is 5.69 Å². The van der Waals surface area contributed by atoms with Gasteiger partial charge < -0.3 is 9.67 Å².